The predicted octanol–water partition coefficient (Wildman–Crippen LogP) is 1.40. The molecule has 1 heterocycles. The van der Waals surface area contributed by atoms with E-state index in [9.17, 15) is 4.79 Å². The number of nitrogens with two attached hydrogens (primary N) is 1. The minimum atomic E-state index is 0.118. The molecule has 1 rings (SSSR count). The number of ether oxygens (including phenoxy) is 1. The molecule has 0 bridgehead atoms. The maximum atomic E-state index is 11.4. The predicted molar refractivity (Wildman–Crippen MR) is 62.3 cm³/mol. The summed E-state index contributed by atoms with van der Waals surface area (Å²) in [5.41, 5.74) is 5.25. The summed E-state index contributed by atoms with van der Waals surface area (Å²) in [6, 6.07) is 4.10. The van der Waals surface area contributed by atoms with Crippen LogP contribution in [0.25, 0.3) is 0 Å². The van der Waals surface area contributed by atoms with Gasteiger partial charge in [-0.3, -0.25) is 4.79 Å². The standard InChI is InChI=1S/C11H17NO2S/c1-2-10-3-4-11(15-10)7-9(13)8-14-6-5-12/h3-4H,2,5-8,12H2,1H3. The first kappa shape index (κ1) is 12.4. The highest BCUT2D eigenvalue weighted by atomic mass is 32.1. The number of ketones is 1. The van der Waals surface area contributed by atoms with Crippen LogP contribution in [-0.4, -0.2) is 25.5 Å². The Morgan fingerprint density at radius 1 is 1.47 bits per heavy atom. The lowest BCUT2D eigenvalue weighted by molar-refractivity contribution is -0.122. The summed E-state index contributed by atoms with van der Waals surface area (Å²) < 4.78 is 5.08. The molecule has 0 aliphatic rings. The lowest BCUT2D eigenvalue weighted by Gasteiger charge is -2.00. The van der Waals surface area contributed by atoms with Crippen molar-refractivity contribution in [3.05, 3.63) is 21.9 Å². The number of carbonyl (C=O) groups is 1. The van der Waals surface area contributed by atoms with Crippen molar-refractivity contribution in [2.45, 2.75) is 19.8 Å². The minimum absolute atomic E-state index is 0.118. The van der Waals surface area contributed by atoms with Gasteiger partial charge in [0.2, 0.25) is 0 Å². The molecule has 2 N–H and O–H groups in total. The van der Waals surface area contributed by atoms with Crippen molar-refractivity contribution in [1.82, 2.24) is 0 Å². The maximum absolute atomic E-state index is 11.4. The van der Waals surface area contributed by atoms with Crippen LogP contribution >= 0.6 is 11.3 Å². The smallest absolute Gasteiger partial charge is 0.163 e. The van der Waals surface area contributed by atoms with E-state index in [1.807, 2.05) is 6.07 Å². The number of hydrogen-bond donors (Lipinski definition) is 1. The average Bonchev–Trinajstić information content (AvgIpc) is 2.66. The second-order valence-corrected chi connectivity index (χ2v) is 4.53. The van der Waals surface area contributed by atoms with E-state index in [1.165, 1.54) is 4.88 Å². The number of thiophene rings is 1. The van der Waals surface area contributed by atoms with Gasteiger partial charge in [0.1, 0.15) is 6.61 Å². The largest absolute Gasteiger partial charge is 0.372 e. The zero-order valence-corrected chi connectivity index (χ0v) is 9.81. The molecule has 0 spiro atoms. The molecule has 0 atom stereocenters. The monoisotopic (exact) mass is 227 g/mol. The second-order valence-electron chi connectivity index (χ2n) is 3.28. The van der Waals surface area contributed by atoms with Crippen LogP contribution < -0.4 is 5.73 Å². The molecule has 0 radical (unpaired) electrons. The van der Waals surface area contributed by atoms with E-state index in [1.54, 1.807) is 11.3 Å². The van der Waals surface area contributed by atoms with Gasteiger partial charge in [0, 0.05) is 22.7 Å². The Morgan fingerprint density at radius 3 is 2.80 bits per heavy atom. The Kier molecular flexibility index (Phi) is 5.53. The van der Waals surface area contributed by atoms with E-state index in [2.05, 4.69) is 13.0 Å². The fraction of sp³-hybridized carbons (Fsp3) is 0.545. The van der Waals surface area contributed by atoms with Gasteiger partial charge in [-0.2, -0.15) is 0 Å². The van der Waals surface area contributed by atoms with Crippen LogP contribution in [-0.2, 0) is 22.4 Å². The minimum Gasteiger partial charge on any atom is -0.372 e. The summed E-state index contributed by atoms with van der Waals surface area (Å²) in [7, 11) is 0. The average molecular weight is 227 g/mol. The summed E-state index contributed by atoms with van der Waals surface area (Å²) in [5.74, 6) is 0.118. The van der Waals surface area contributed by atoms with Gasteiger partial charge >= 0.3 is 0 Å². The zero-order valence-electron chi connectivity index (χ0n) is 8.99. The van der Waals surface area contributed by atoms with Gasteiger partial charge in [0.25, 0.3) is 0 Å². The Morgan fingerprint density at radius 2 is 2.20 bits per heavy atom. The molecule has 0 saturated carbocycles. The number of Topliss-reactive ketones (excluding diaryl/α,β-unsaturated/α-hetero) is 1. The Labute approximate surface area is 94.2 Å². The molecule has 1 aromatic heterocycles. The van der Waals surface area contributed by atoms with Crippen molar-refractivity contribution < 1.29 is 9.53 Å². The van der Waals surface area contributed by atoms with Crippen LogP contribution in [0.3, 0.4) is 0 Å². The first-order valence-electron chi connectivity index (χ1n) is 5.13. The molecular formula is C11H17NO2S. The Balaban J connectivity index is 2.31. The van der Waals surface area contributed by atoms with E-state index in [0.717, 1.165) is 11.3 Å². The lowest BCUT2D eigenvalue weighted by Crippen LogP contribution is -2.15. The van der Waals surface area contributed by atoms with Gasteiger partial charge in [0.05, 0.1) is 6.61 Å². The molecule has 0 saturated heterocycles. The molecule has 3 nitrogen and oxygen atoms in total. The van der Waals surface area contributed by atoms with Crippen LogP contribution in [0.1, 0.15) is 16.7 Å². The van der Waals surface area contributed by atoms with Crippen molar-refractivity contribution in [3.8, 4) is 0 Å². The van der Waals surface area contributed by atoms with Gasteiger partial charge in [-0.15, -0.1) is 11.3 Å². The van der Waals surface area contributed by atoms with Crippen molar-refractivity contribution in [1.29, 1.82) is 0 Å². The molecule has 0 aliphatic heterocycles. The van der Waals surface area contributed by atoms with Crippen molar-refractivity contribution in [3.63, 3.8) is 0 Å². The molecule has 0 amide bonds. The molecule has 0 aromatic carbocycles. The third-order valence-electron chi connectivity index (χ3n) is 1.96. The Bertz CT molecular complexity index is 309. The van der Waals surface area contributed by atoms with Crippen LogP contribution in [0.5, 0.6) is 0 Å². The molecular weight excluding hydrogens is 210 g/mol. The van der Waals surface area contributed by atoms with Gasteiger partial charge in [-0.1, -0.05) is 6.92 Å². The fourth-order valence-electron chi connectivity index (χ4n) is 1.22. The van der Waals surface area contributed by atoms with E-state index in [-0.39, 0.29) is 12.4 Å². The highest BCUT2D eigenvalue weighted by Gasteiger charge is 2.06. The number of aryl methyl sites for hydroxylation is 1. The van der Waals surface area contributed by atoms with Crippen molar-refractivity contribution in [2.24, 2.45) is 5.73 Å². The molecule has 15 heavy (non-hydrogen) atoms. The third kappa shape index (κ3) is 4.55. The molecule has 0 aliphatic carbocycles. The first-order chi connectivity index (χ1) is 7.26. The van der Waals surface area contributed by atoms with E-state index in [4.69, 9.17) is 10.5 Å². The molecule has 4 heteroatoms. The van der Waals surface area contributed by atoms with Crippen molar-refractivity contribution in [2.75, 3.05) is 19.8 Å². The van der Waals surface area contributed by atoms with Crippen LogP contribution in [0.4, 0.5) is 0 Å². The summed E-state index contributed by atoms with van der Waals surface area (Å²) in [5, 5.41) is 0. The van der Waals surface area contributed by atoms with E-state index >= 15 is 0 Å². The van der Waals surface area contributed by atoms with Gasteiger partial charge < -0.3 is 10.5 Å². The van der Waals surface area contributed by atoms with Crippen LogP contribution in [0, 0.1) is 0 Å². The zero-order chi connectivity index (χ0) is 11.1. The van der Waals surface area contributed by atoms with Crippen LogP contribution in [0.2, 0.25) is 0 Å². The van der Waals surface area contributed by atoms with E-state index in [0.29, 0.717) is 19.6 Å². The van der Waals surface area contributed by atoms with Gasteiger partial charge in [-0.05, 0) is 18.6 Å². The fourth-order valence-corrected chi connectivity index (χ4v) is 2.21. The lowest BCUT2D eigenvalue weighted by atomic mass is 10.2. The normalized spacial score (nSPS) is 10.5. The molecule has 0 unspecified atom stereocenters. The third-order valence-corrected chi connectivity index (χ3v) is 3.19. The summed E-state index contributed by atoms with van der Waals surface area (Å²) in [4.78, 5) is 13.9. The topological polar surface area (TPSA) is 52.3 Å². The molecule has 0 fully saturated rings. The number of carbonyl (C=O) groups excluding carboxylic acids is 1. The summed E-state index contributed by atoms with van der Waals surface area (Å²) in [6.07, 6.45) is 1.51. The quantitative estimate of drug-likeness (QED) is 0.716. The highest BCUT2D eigenvalue weighted by molar-refractivity contribution is 7.12. The maximum Gasteiger partial charge on any atom is 0.163 e. The molecule has 84 valence electrons. The molecule has 1 aromatic rings. The first-order valence-corrected chi connectivity index (χ1v) is 5.95. The van der Waals surface area contributed by atoms with Gasteiger partial charge in [-0.25, -0.2) is 0 Å². The van der Waals surface area contributed by atoms with Gasteiger partial charge in [0.15, 0.2) is 5.78 Å². The van der Waals surface area contributed by atoms with E-state index < -0.39 is 0 Å². The number of hydrogen-bond acceptors (Lipinski definition) is 4. The van der Waals surface area contributed by atoms with Crippen molar-refractivity contribution >= 4 is 17.1 Å². The summed E-state index contributed by atoms with van der Waals surface area (Å²) in [6.45, 7) is 3.21. The highest BCUT2D eigenvalue weighted by Crippen LogP contribution is 2.17. The number of rotatable bonds is 7. The second kappa shape index (κ2) is 6.71. The SMILES string of the molecule is CCc1ccc(CC(=O)COCCN)s1. The summed E-state index contributed by atoms with van der Waals surface area (Å²) >= 11 is 1.70. The van der Waals surface area contributed by atoms with Crippen LogP contribution in [0.15, 0.2) is 12.1 Å². The Hall–Kier alpha value is -0.710.